The van der Waals surface area contributed by atoms with Crippen molar-refractivity contribution in [2.75, 3.05) is 19.6 Å². The molecule has 2 nitrogen and oxygen atoms in total. The quantitative estimate of drug-likeness (QED) is 0.698. The van der Waals surface area contributed by atoms with Crippen LogP contribution in [0.1, 0.15) is 52.4 Å². The van der Waals surface area contributed by atoms with E-state index in [2.05, 4.69) is 24.1 Å². The van der Waals surface area contributed by atoms with Crippen molar-refractivity contribution >= 4 is 0 Å². The van der Waals surface area contributed by atoms with Crippen LogP contribution in [0.5, 0.6) is 0 Å². The van der Waals surface area contributed by atoms with Crippen molar-refractivity contribution in [1.29, 1.82) is 0 Å². The molecule has 0 aromatic carbocycles. The van der Waals surface area contributed by atoms with E-state index in [0.717, 1.165) is 18.0 Å². The molecule has 2 heteroatoms. The van der Waals surface area contributed by atoms with Crippen LogP contribution in [0.25, 0.3) is 0 Å². The molecule has 0 spiro atoms. The fourth-order valence-electron chi connectivity index (χ4n) is 3.29. The van der Waals surface area contributed by atoms with Gasteiger partial charge in [-0.1, -0.05) is 26.7 Å². The molecule has 0 aromatic heterocycles. The van der Waals surface area contributed by atoms with E-state index in [1.165, 1.54) is 58.2 Å². The second-order valence-corrected chi connectivity index (χ2v) is 5.98. The summed E-state index contributed by atoms with van der Waals surface area (Å²) < 4.78 is 0. The van der Waals surface area contributed by atoms with Crippen LogP contribution in [0.3, 0.4) is 0 Å². The SMILES string of the molecule is CC(C)CCCCNC1CCN2CCCC12. The molecule has 0 aromatic rings. The maximum atomic E-state index is 3.79. The molecule has 0 amide bonds. The average Bonchev–Trinajstić information content (AvgIpc) is 2.80. The fraction of sp³-hybridized carbons (Fsp3) is 1.00. The van der Waals surface area contributed by atoms with E-state index in [1.807, 2.05) is 0 Å². The Bertz CT molecular complexity index is 203. The molecule has 0 saturated carbocycles. The van der Waals surface area contributed by atoms with Gasteiger partial charge in [0.05, 0.1) is 0 Å². The molecule has 2 aliphatic heterocycles. The fourth-order valence-corrected chi connectivity index (χ4v) is 3.29. The molecule has 2 fully saturated rings. The molecule has 2 saturated heterocycles. The van der Waals surface area contributed by atoms with E-state index >= 15 is 0 Å². The Morgan fingerprint density at radius 3 is 2.88 bits per heavy atom. The van der Waals surface area contributed by atoms with Crippen molar-refractivity contribution in [3.63, 3.8) is 0 Å². The van der Waals surface area contributed by atoms with Crippen LogP contribution in [0.15, 0.2) is 0 Å². The Labute approximate surface area is 101 Å². The number of nitrogens with zero attached hydrogens (tertiary/aromatic N) is 1. The summed E-state index contributed by atoms with van der Waals surface area (Å²) in [6.07, 6.45) is 8.39. The normalized spacial score (nSPS) is 30.2. The maximum Gasteiger partial charge on any atom is 0.0250 e. The highest BCUT2D eigenvalue weighted by atomic mass is 15.2. The van der Waals surface area contributed by atoms with Gasteiger partial charge in [-0.05, 0) is 44.7 Å². The van der Waals surface area contributed by atoms with Crippen LogP contribution in [0, 0.1) is 5.92 Å². The molecule has 0 aliphatic carbocycles. The minimum atomic E-state index is 0.807. The monoisotopic (exact) mass is 224 g/mol. The predicted octanol–water partition coefficient (Wildman–Crippen LogP) is 2.64. The number of hydrogen-bond acceptors (Lipinski definition) is 2. The van der Waals surface area contributed by atoms with E-state index in [9.17, 15) is 0 Å². The molecule has 2 aliphatic rings. The predicted molar refractivity (Wildman–Crippen MR) is 69.7 cm³/mol. The molecule has 0 bridgehead atoms. The van der Waals surface area contributed by atoms with Crippen LogP contribution < -0.4 is 5.32 Å². The molecule has 2 heterocycles. The molecular weight excluding hydrogens is 196 g/mol. The van der Waals surface area contributed by atoms with Gasteiger partial charge in [0.15, 0.2) is 0 Å². The first-order valence-corrected chi connectivity index (χ1v) is 7.25. The maximum absolute atomic E-state index is 3.79. The van der Waals surface area contributed by atoms with E-state index in [4.69, 9.17) is 0 Å². The Balaban J connectivity index is 1.56. The smallest absolute Gasteiger partial charge is 0.0250 e. The number of hydrogen-bond donors (Lipinski definition) is 1. The van der Waals surface area contributed by atoms with Crippen molar-refractivity contribution in [2.45, 2.75) is 64.5 Å². The lowest BCUT2D eigenvalue weighted by Crippen LogP contribution is -2.39. The van der Waals surface area contributed by atoms with Crippen LogP contribution >= 0.6 is 0 Å². The number of fused-ring (bicyclic) bond motifs is 1. The first-order chi connectivity index (χ1) is 7.77. The number of unbranched alkanes of at least 4 members (excludes halogenated alkanes) is 1. The second-order valence-electron chi connectivity index (χ2n) is 5.98. The summed E-state index contributed by atoms with van der Waals surface area (Å²) in [5, 5.41) is 3.79. The third kappa shape index (κ3) is 3.21. The molecular formula is C14H28N2. The van der Waals surface area contributed by atoms with Gasteiger partial charge >= 0.3 is 0 Å². The summed E-state index contributed by atoms with van der Waals surface area (Å²) in [7, 11) is 0. The second kappa shape index (κ2) is 6.02. The third-order valence-electron chi connectivity index (χ3n) is 4.22. The van der Waals surface area contributed by atoms with E-state index in [1.54, 1.807) is 0 Å². The van der Waals surface area contributed by atoms with Gasteiger partial charge < -0.3 is 5.32 Å². The van der Waals surface area contributed by atoms with Gasteiger partial charge in [-0.3, -0.25) is 4.90 Å². The lowest BCUT2D eigenvalue weighted by Gasteiger charge is -2.21. The summed E-state index contributed by atoms with van der Waals surface area (Å²) in [6.45, 7) is 8.58. The zero-order chi connectivity index (χ0) is 11.4. The van der Waals surface area contributed by atoms with Gasteiger partial charge in [0.1, 0.15) is 0 Å². The van der Waals surface area contributed by atoms with Crippen molar-refractivity contribution in [1.82, 2.24) is 10.2 Å². The molecule has 16 heavy (non-hydrogen) atoms. The molecule has 94 valence electrons. The van der Waals surface area contributed by atoms with E-state index < -0.39 is 0 Å². The lowest BCUT2D eigenvalue weighted by molar-refractivity contribution is 0.298. The minimum Gasteiger partial charge on any atom is -0.312 e. The Hall–Kier alpha value is -0.0800. The van der Waals surface area contributed by atoms with Gasteiger partial charge in [-0.25, -0.2) is 0 Å². The van der Waals surface area contributed by atoms with Crippen LogP contribution in [-0.4, -0.2) is 36.6 Å². The van der Waals surface area contributed by atoms with Crippen LogP contribution in [-0.2, 0) is 0 Å². The van der Waals surface area contributed by atoms with Gasteiger partial charge in [0.25, 0.3) is 0 Å². The summed E-state index contributed by atoms with van der Waals surface area (Å²) in [6, 6.07) is 1.69. The Kier molecular flexibility index (Phi) is 4.66. The van der Waals surface area contributed by atoms with Gasteiger partial charge in [0, 0.05) is 18.6 Å². The van der Waals surface area contributed by atoms with Crippen LogP contribution in [0.4, 0.5) is 0 Å². The van der Waals surface area contributed by atoms with Gasteiger partial charge in [0.2, 0.25) is 0 Å². The van der Waals surface area contributed by atoms with Crippen molar-refractivity contribution in [2.24, 2.45) is 5.92 Å². The number of rotatable bonds is 6. The standard InChI is InChI=1S/C14H28N2/c1-12(2)6-3-4-9-15-13-8-11-16-10-5-7-14(13)16/h12-15H,3-11H2,1-2H3. The average molecular weight is 224 g/mol. The highest BCUT2D eigenvalue weighted by molar-refractivity contribution is 4.95. The van der Waals surface area contributed by atoms with Crippen molar-refractivity contribution in [3.05, 3.63) is 0 Å². The Morgan fingerprint density at radius 2 is 2.06 bits per heavy atom. The lowest BCUT2D eigenvalue weighted by atomic mass is 10.0. The van der Waals surface area contributed by atoms with E-state index in [0.29, 0.717) is 0 Å². The number of nitrogens with one attached hydrogen (secondary N) is 1. The van der Waals surface area contributed by atoms with Gasteiger partial charge in [-0.2, -0.15) is 0 Å². The molecule has 1 N–H and O–H groups in total. The van der Waals surface area contributed by atoms with Gasteiger partial charge in [-0.15, -0.1) is 0 Å². The van der Waals surface area contributed by atoms with E-state index in [-0.39, 0.29) is 0 Å². The zero-order valence-corrected chi connectivity index (χ0v) is 11.0. The summed E-state index contributed by atoms with van der Waals surface area (Å²) in [4.78, 5) is 2.69. The third-order valence-corrected chi connectivity index (χ3v) is 4.22. The zero-order valence-electron chi connectivity index (χ0n) is 11.0. The Morgan fingerprint density at radius 1 is 1.19 bits per heavy atom. The first kappa shape index (κ1) is 12.4. The first-order valence-electron chi connectivity index (χ1n) is 7.25. The molecule has 2 unspecified atom stereocenters. The highest BCUT2D eigenvalue weighted by Gasteiger charge is 2.36. The summed E-state index contributed by atoms with van der Waals surface area (Å²) in [5.41, 5.74) is 0. The topological polar surface area (TPSA) is 15.3 Å². The van der Waals surface area contributed by atoms with Crippen LogP contribution in [0.2, 0.25) is 0 Å². The van der Waals surface area contributed by atoms with Crippen molar-refractivity contribution in [3.8, 4) is 0 Å². The molecule has 2 rings (SSSR count). The minimum absolute atomic E-state index is 0.807. The highest BCUT2D eigenvalue weighted by Crippen LogP contribution is 2.27. The molecule has 0 radical (unpaired) electrons. The molecule has 2 atom stereocenters. The van der Waals surface area contributed by atoms with Crippen molar-refractivity contribution < 1.29 is 0 Å². The summed E-state index contributed by atoms with van der Waals surface area (Å²) in [5.74, 6) is 0.872. The summed E-state index contributed by atoms with van der Waals surface area (Å²) >= 11 is 0. The largest absolute Gasteiger partial charge is 0.312 e.